The second-order valence-electron chi connectivity index (χ2n) is 2.82. The van der Waals surface area contributed by atoms with E-state index < -0.39 is 17.5 Å². The van der Waals surface area contributed by atoms with E-state index in [0.717, 1.165) is 23.5 Å². The van der Waals surface area contributed by atoms with Crippen molar-refractivity contribution < 1.29 is 13.2 Å². The van der Waals surface area contributed by atoms with E-state index in [1.807, 2.05) is 0 Å². The van der Waals surface area contributed by atoms with Crippen LogP contribution in [0, 0.1) is 17.5 Å². The molecule has 0 atom stereocenters. The molecule has 0 aliphatic heterocycles. The third kappa shape index (κ3) is 2.12. The van der Waals surface area contributed by atoms with Gasteiger partial charge in [-0.25, -0.2) is 18.2 Å². The molecule has 0 aliphatic carbocycles. The van der Waals surface area contributed by atoms with Crippen molar-refractivity contribution in [1.82, 2.24) is 4.98 Å². The van der Waals surface area contributed by atoms with Crippen LogP contribution < -0.4 is 5.32 Å². The molecule has 16 heavy (non-hydrogen) atoms. The first kappa shape index (κ1) is 11.2. The lowest BCUT2D eigenvalue weighted by Gasteiger charge is -2.04. The highest BCUT2D eigenvalue weighted by Gasteiger charge is 2.14. The quantitative estimate of drug-likeness (QED) is 0.831. The lowest BCUT2D eigenvalue weighted by atomic mass is 10.3. The summed E-state index contributed by atoms with van der Waals surface area (Å²) in [7, 11) is 0. The number of hydrogen-bond acceptors (Lipinski definition) is 3. The van der Waals surface area contributed by atoms with Gasteiger partial charge in [0.05, 0.1) is 5.69 Å². The molecule has 1 heterocycles. The standard InChI is InChI=1S/C9H4ClF3N2S/c10-6-3-16-9(15-6)14-5-2-1-4(11)7(12)8(5)13/h1-3H,(H,14,15). The third-order valence-corrected chi connectivity index (χ3v) is 2.83. The molecule has 7 heteroatoms. The predicted molar refractivity (Wildman–Crippen MR) is 56.7 cm³/mol. The molecule has 84 valence electrons. The highest BCUT2D eigenvalue weighted by molar-refractivity contribution is 7.14. The Morgan fingerprint density at radius 3 is 2.56 bits per heavy atom. The van der Waals surface area contributed by atoms with E-state index in [-0.39, 0.29) is 10.8 Å². The molecule has 0 aliphatic rings. The maximum atomic E-state index is 13.2. The van der Waals surface area contributed by atoms with E-state index in [1.165, 1.54) is 5.38 Å². The average molecular weight is 265 g/mol. The number of anilines is 2. The van der Waals surface area contributed by atoms with Crippen molar-refractivity contribution in [2.45, 2.75) is 0 Å². The summed E-state index contributed by atoms with van der Waals surface area (Å²) in [4.78, 5) is 3.79. The number of rotatable bonds is 2. The molecule has 0 saturated carbocycles. The van der Waals surface area contributed by atoms with Gasteiger partial charge in [0.2, 0.25) is 0 Å². The first-order chi connectivity index (χ1) is 7.58. The largest absolute Gasteiger partial charge is 0.329 e. The number of aromatic nitrogens is 1. The molecule has 0 bridgehead atoms. The minimum Gasteiger partial charge on any atom is -0.329 e. The van der Waals surface area contributed by atoms with Gasteiger partial charge in [-0.1, -0.05) is 11.6 Å². The first-order valence-electron chi connectivity index (χ1n) is 4.09. The smallest absolute Gasteiger partial charge is 0.196 e. The van der Waals surface area contributed by atoms with Crippen LogP contribution >= 0.6 is 22.9 Å². The van der Waals surface area contributed by atoms with Crippen LogP contribution in [0.25, 0.3) is 0 Å². The highest BCUT2D eigenvalue weighted by atomic mass is 35.5. The Morgan fingerprint density at radius 2 is 1.94 bits per heavy atom. The van der Waals surface area contributed by atoms with E-state index in [2.05, 4.69) is 10.3 Å². The molecule has 2 rings (SSSR count). The number of nitrogens with one attached hydrogen (secondary N) is 1. The summed E-state index contributed by atoms with van der Waals surface area (Å²) in [5.41, 5.74) is -0.190. The Labute approximate surface area is 97.7 Å². The summed E-state index contributed by atoms with van der Waals surface area (Å²) in [6.07, 6.45) is 0. The minimum atomic E-state index is -1.52. The zero-order valence-corrected chi connectivity index (χ0v) is 9.17. The number of benzene rings is 1. The van der Waals surface area contributed by atoms with Gasteiger partial charge in [-0.3, -0.25) is 0 Å². The molecule has 2 nitrogen and oxygen atoms in total. The number of nitrogens with zero attached hydrogens (tertiary/aromatic N) is 1. The molecule has 2 aromatic rings. The Kier molecular flexibility index (Phi) is 3.02. The molecule has 1 N–H and O–H groups in total. The Hall–Kier alpha value is -1.27. The van der Waals surface area contributed by atoms with Crippen molar-refractivity contribution in [2.75, 3.05) is 5.32 Å². The van der Waals surface area contributed by atoms with Crippen molar-refractivity contribution >= 4 is 33.8 Å². The van der Waals surface area contributed by atoms with Gasteiger partial charge in [0, 0.05) is 5.38 Å². The molecule has 1 aromatic heterocycles. The van der Waals surface area contributed by atoms with Gasteiger partial charge >= 0.3 is 0 Å². The average Bonchev–Trinajstić information content (AvgIpc) is 2.65. The van der Waals surface area contributed by atoms with Gasteiger partial charge in [-0.2, -0.15) is 0 Å². The Bertz CT molecular complexity index is 529. The van der Waals surface area contributed by atoms with E-state index in [9.17, 15) is 13.2 Å². The molecule has 0 saturated heterocycles. The fraction of sp³-hybridized carbons (Fsp3) is 0. The first-order valence-corrected chi connectivity index (χ1v) is 5.35. The summed E-state index contributed by atoms with van der Waals surface area (Å²) < 4.78 is 38.7. The summed E-state index contributed by atoms with van der Waals surface area (Å²) in [5, 5.41) is 4.58. The van der Waals surface area contributed by atoms with Gasteiger partial charge in [0.1, 0.15) is 5.15 Å². The number of hydrogen-bond donors (Lipinski definition) is 1. The van der Waals surface area contributed by atoms with Crippen molar-refractivity contribution in [3.8, 4) is 0 Å². The number of halogens is 4. The van der Waals surface area contributed by atoms with Crippen molar-refractivity contribution in [3.05, 3.63) is 40.1 Å². The van der Waals surface area contributed by atoms with Gasteiger partial charge in [-0.15, -0.1) is 11.3 Å². The zero-order valence-electron chi connectivity index (χ0n) is 7.60. The Balaban J connectivity index is 2.32. The molecule has 0 spiro atoms. The minimum absolute atomic E-state index is 0.190. The maximum Gasteiger partial charge on any atom is 0.196 e. The molecular formula is C9H4ClF3N2S. The van der Waals surface area contributed by atoms with Crippen LogP contribution in [0.15, 0.2) is 17.5 Å². The fourth-order valence-electron chi connectivity index (χ4n) is 1.05. The van der Waals surface area contributed by atoms with Crippen molar-refractivity contribution in [1.29, 1.82) is 0 Å². The van der Waals surface area contributed by atoms with Gasteiger partial charge in [-0.05, 0) is 12.1 Å². The topological polar surface area (TPSA) is 24.9 Å². The van der Waals surface area contributed by atoms with Crippen molar-refractivity contribution in [2.24, 2.45) is 0 Å². The van der Waals surface area contributed by atoms with E-state index in [4.69, 9.17) is 11.6 Å². The monoisotopic (exact) mass is 264 g/mol. The molecule has 1 aromatic carbocycles. The molecule has 0 amide bonds. The van der Waals surface area contributed by atoms with Crippen LogP contribution in [-0.2, 0) is 0 Å². The third-order valence-electron chi connectivity index (χ3n) is 1.75. The fourth-order valence-corrected chi connectivity index (χ4v) is 1.90. The predicted octanol–water partition coefficient (Wildman–Crippen LogP) is 3.96. The van der Waals surface area contributed by atoms with Crippen LogP contribution in [0.1, 0.15) is 0 Å². The van der Waals surface area contributed by atoms with Gasteiger partial charge in [0.15, 0.2) is 22.6 Å². The summed E-state index contributed by atoms with van der Waals surface area (Å²) >= 11 is 6.68. The SMILES string of the molecule is Fc1ccc(Nc2nc(Cl)cs2)c(F)c1F. The van der Waals surface area contributed by atoms with Crippen LogP contribution in [0.4, 0.5) is 24.0 Å². The van der Waals surface area contributed by atoms with Gasteiger partial charge < -0.3 is 5.32 Å². The Morgan fingerprint density at radius 1 is 1.19 bits per heavy atom. The van der Waals surface area contributed by atoms with Gasteiger partial charge in [0.25, 0.3) is 0 Å². The van der Waals surface area contributed by atoms with E-state index >= 15 is 0 Å². The maximum absolute atomic E-state index is 13.2. The second-order valence-corrected chi connectivity index (χ2v) is 4.07. The van der Waals surface area contributed by atoms with Crippen LogP contribution in [0.2, 0.25) is 5.15 Å². The summed E-state index contributed by atoms with van der Waals surface area (Å²) in [5.74, 6) is -4.04. The lowest BCUT2D eigenvalue weighted by molar-refractivity contribution is 0.449. The molecular weight excluding hydrogens is 261 g/mol. The van der Waals surface area contributed by atoms with Crippen LogP contribution in [-0.4, -0.2) is 4.98 Å². The highest BCUT2D eigenvalue weighted by Crippen LogP contribution is 2.26. The molecule has 0 fully saturated rings. The summed E-state index contributed by atoms with van der Waals surface area (Å²) in [6.45, 7) is 0. The zero-order chi connectivity index (χ0) is 11.7. The van der Waals surface area contributed by atoms with E-state index in [1.54, 1.807) is 0 Å². The lowest BCUT2D eigenvalue weighted by Crippen LogP contribution is -1.98. The normalized spacial score (nSPS) is 10.5. The van der Waals surface area contributed by atoms with Crippen LogP contribution in [0.5, 0.6) is 0 Å². The molecule has 0 unspecified atom stereocenters. The van der Waals surface area contributed by atoms with Crippen LogP contribution in [0.3, 0.4) is 0 Å². The summed E-state index contributed by atoms with van der Waals surface area (Å²) in [6, 6.07) is 1.92. The number of thiazole rings is 1. The van der Waals surface area contributed by atoms with Crippen molar-refractivity contribution in [3.63, 3.8) is 0 Å². The second kappa shape index (κ2) is 4.31. The molecule has 0 radical (unpaired) electrons. The van der Waals surface area contributed by atoms with E-state index in [0.29, 0.717) is 5.13 Å².